The average molecular weight is 1000 g/mol. The van der Waals surface area contributed by atoms with Crippen molar-refractivity contribution in [1.29, 1.82) is 0 Å². The molecule has 1 N–H and O–H groups in total. The number of nitro benzene ring substituents is 2. The molecule has 6 aromatic carbocycles. The van der Waals surface area contributed by atoms with Gasteiger partial charge in [-0.25, -0.2) is 9.36 Å². The minimum absolute atomic E-state index is 0.0539. The van der Waals surface area contributed by atoms with Gasteiger partial charge in [0.05, 0.1) is 32.3 Å². The molecule has 0 spiro atoms. The van der Waals surface area contributed by atoms with Crippen molar-refractivity contribution >= 4 is 79.4 Å². The van der Waals surface area contributed by atoms with Crippen LogP contribution in [0.25, 0.3) is 46.1 Å². The molecule has 16 heteroatoms. The number of ether oxygens (including phenoxy) is 2. The molecule has 14 nitrogen and oxygen atoms in total. The van der Waals surface area contributed by atoms with E-state index in [9.17, 15) is 30.1 Å². The fourth-order valence-electron chi connectivity index (χ4n) is 7.64. The van der Waals surface area contributed by atoms with E-state index in [4.69, 9.17) is 19.7 Å². The smallest absolute Gasteiger partial charge is 0.270 e. The summed E-state index contributed by atoms with van der Waals surface area (Å²) in [5, 5.41) is 44.7. The van der Waals surface area contributed by atoms with Crippen LogP contribution in [0.5, 0.6) is 0 Å². The van der Waals surface area contributed by atoms with Gasteiger partial charge in [0.15, 0.2) is 5.78 Å². The summed E-state index contributed by atoms with van der Waals surface area (Å²) in [5.74, 6) is -0.283. The van der Waals surface area contributed by atoms with Gasteiger partial charge >= 0.3 is 0 Å². The van der Waals surface area contributed by atoms with Crippen LogP contribution < -0.4 is 0 Å². The maximum atomic E-state index is 13.2. The van der Waals surface area contributed by atoms with Crippen LogP contribution in [0.2, 0.25) is 51.4 Å². The molecule has 0 amide bonds. The molecule has 0 saturated heterocycles. The van der Waals surface area contributed by atoms with Gasteiger partial charge < -0.3 is 14.6 Å². The van der Waals surface area contributed by atoms with Gasteiger partial charge in [-0.15, -0.1) is 0 Å². The molecule has 0 fully saturated rings. The van der Waals surface area contributed by atoms with Crippen molar-refractivity contribution in [2.24, 2.45) is 0 Å². The van der Waals surface area contributed by atoms with E-state index in [1.807, 2.05) is 114 Å². The summed E-state index contributed by atoms with van der Waals surface area (Å²) in [6.45, 7) is 15.7. The second kappa shape index (κ2) is 23.6. The minimum atomic E-state index is -1.23. The molecule has 2 aromatic heterocycles. The first-order valence-corrected chi connectivity index (χ1v) is 31.2. The largest absolute Gasteiger partial charge is 0.384 e. The van der Waals surface area contributed by atoms with E-state index in [0.29, 0.717) is 36.6 Å². The van der Waals surface area contributed by atoms with E-state index in [-0.39, 0.29) is 29.5 Å². The van der Waals surface area contributed by atoms with Crippen LogP contribution in [0.15, 0.2) is 146 Å². The normalized spacial score (nSPS) is 12.4. The Bertz CT molecular complexity index is 3230. The third-order valence-corrected chi connectivity index (χ3v) is 15.2. The summed E-state index contributed by atoms with van der Waals surface area (Å²) in [6, 6.07) is 45.0. The highest BCUT2D eigenvalue weighted by atomic mass is 28.3. The maximum absolute atomic E-state index is 13.2. The number of ketones is 1. The number of nitrogens with zero attached hydrogens (tertiary/aromatic N) is 6. The molecule has 0 aliphatic carbocycles. The number of carbonyl (C=O) groups excluding carboxylic acids is 1. The van der Waals surface area contributed by atoms with Gasteiger partial charge in [0, 0.05) is 75.5 Å². The number of aliphatic hydroxyl groups is 1. The maximum Gasteiger partial charge on any atom is 0.270 e. The molecule has 370 valence electrons. The van der Waals surface area contributed by atoms with Crippen LogP contribution >= 0.6 is 0 Å². The highest BCUT2D eigenvalue weighted by molar-refractivity contribution is 6.76. The number of aromatic nitrogens is 4. The average Bonchev–Trinajstić information content (AvgIpc) is 3.91. The number of nitro groups is 2. The Kier molecular flexibility index (Phi) is 17.2. The van der Waals surface area contributed by atoms with Crippen LogP contribution in [-0.2, 0) is 22.9 Å². The predicted molar refractivity (Wildman–Crippen MR) is 292 cm³/mol. The standard InChI is InChI=1S/C28H31N3O4Si.C28H29N3O4Si/c2*1-36(2,3)17-16-35-20-30-27-19-23(28(32)22-10-7-11-24(18-22)31(33)34)13-14-25(27)26(29-30)15-12-21-8-5-4-6-9-21/h4-15,18-19,28,32H,16-17,20H2,1-3H3;4-15,18-19H,16-17,20H2,1-3H3/b2*15-12+. The van der Waals surface area contributed by atoms with Gasteiger partial charge in [0.1, 0.15) is 19.6 Å². The lowest BCUT2D eigenvalue weighted by Crippen LogP contribution is -2.22. The summed E-state index contributed by atoms with van der Waals surface area (Å²) in [5.41, 5.74) is 6.94. The van der Waals surface area contributed by atoms with Gasteiger partial charge in [0.25, 0.3) is 11.4 Å². The molecule has 0 aliphatic heterocycles. The van der Waals surface area contributed by atoms with Gasteiger partial charge in [-0.2, -0.15) is 10.2 Å². The topological polar surface area (TPSA) is 178 Å². The third kappa shape index (κ3) is 14.3. The van der Waals surface area contributed by atoms with E-state index in [0.717, 1.165) is 56.4 Å². The summed E-state index contributed by atoms with van der Waals surface area (Å²) in [7, 11) is -2.44. The van der Waals surface area contributed by atoms with Gasteiger partial charge in [-0.3, -0.25) is 25.0 Å². The summed E-state index contributed by atoms with van der Waals surface area (Å²) < 4.78 is 15.5. The zero-order chi connectivity index (χ0) is 51.4. The monoisotopic (exact) mass is 1000 g/mol. The van der Waals surface area contributed by atoms with Crippen LogP contribution in [0.1, 0.15) is 55.7 Å². The zero-order valence-corrected chi connectivity index (χ0v) is 43.5. The van der Waals surface area contributed by atoms with Gasteiger partial charge in [0.2, 0.25) is 0 Å². The number of carbonyl (C=O) groups is 1. The Morgan fingerprint density at radius 3 is 1.54 bits per heavy atom. The lowest BCUT2D eigenvalue weighted by molar-refractivity contribution is -0.385. The van der Waals surface area contributed by atoms with Crippen molar-refractivity contribution in [3.05, 3.63) is 211 Å². The molecule has 8 aromatic rings. The van der Waals surface area contributed by atoms with Crippen molar-refractivity contribution in [3.8, 4) is 0 Å². The van der Waals surface area contributed by atoms with Gasteiger partial charge in [-0.05, 0) is 64.7 Å². The lowest BCUT2D eigenvalue weighted by Gasteiger charge is -2.15. The molecule has 1 atom stereocenters. The van der Waals surface area contributed by atoms with Crippen molar-refractivity contribution in [2.45, 2.75) is 70.9 Å². The Hall–Kier alpha value is -7.48. The summed E-state index contributed by atoms with van der Waals surface area (Å²) in [6.07, 6.45) is 6.95. The van der Waals surface area contributed by atoms with E-state index < -0.39 is 32.1 Å². The number of rotatable bonds is 20. The number of non-ortho nitro benzene ring substituents is 2. The van der Waals surface area contributed by atoms with Crippen LogP contribution in [0, 0.1) is 20.2 Å². The quantitative estimate of drug-likeness (QED) is 0.0254. The Balaban J connectivity index is 0.000000211. The van der Waals surface area contributed by atoms with Crippen molar-refractivity contribution in [2.75, 3.05) is 13.2 Å². The number of aliphatic hydroxyl groups excluding tert-OH is 1. The summed E-state index contributed by atoms with van der Waals surface area (Å²) in [4.78, 5) is 34.5. The Morgan fingerprint density at radius 1 is 0.569 bits per heavy atom. The Morgan fingerprint density at radius 2 is 1.03 bits per heavy atom. The van der Waals surface area contributed by atoms with E-state index in [1.165, 1.54) is 30.3 Å². The van der Waals surface area contributed by atoms with Crippen LogP contribution in [0.3, 0.4) is 0 Å². The molecule has 0 aliphatic rings. The fourth-order valence-corrected chi connectivity index (χ4v) is 9.15. The first-order chi connectivity index (χ1) is 34.4. The minimum Gasteiger partial charge on any atom is -0.384 e. The molecular weight excluding hydrogens is 941 g/mol. The first kappa shape index (κ1) is 52.4. The molecule has 72 heavy (non-hydrogen) atoms. The van der Waals surface area contributed by atoms with Crippen molar-refractivity contribution in [1.82, 2.24) is 19.6 Å². The molecule has 0 radical (unpaired) electrons. The van der Waals surface area contributed by atoms with E-state index in [1.54, 1.807) is 35.0 Å². The number of hydrogen-bond donors (Lipinski definition) is 1. The van der Waals surface area contributed by atoms with E-state index in [2.05, 4.69) is 39.3 Å². The number of fused-ring (bicyclic) bond motifs is 2. The van der Waals surface area contributed by atoms with Crippen molar-refractivity contribution in [3.63, 3.8) is 0 Å². The van der Waals surface area contributed by atoms with Crippen molar-refractivity contribution < 1.29 is 29.2 Å². The fraction of sp³-hybridized carbons (Fsp3) is 0.232. The van der Waals surface area contributed by atoms with Crippen LogP contribution in [-0.4, -0.2) is 69.7 Å². The SMILES string of the molecule is C[Si](C)(C)CCOCn1nc(/C=C/c2ccccc2)c2ccc(C(=O)c3cccc([N+](=O)[O-])c3)cc21.C[Si](C)(C)CCOCn1nc(/C=C/c2ccccc2)c2ccc(C(O)c3cccc([N+](=O)[O-])c3)cc21. The molecule has 0 saturated carbocycles. The first-order valence-electron chi connectivity index (χ1n) is 23.8. The molecule has 1 unspecified atom stereocenters. The van der Waals surface area contributed by atoms with Gasteiger partial charge in [-0.1, -0.05) is 155 Å². The number of hydrogen-bond acceptors (Lipinski definition) is 10. The second-order valence-electron chi connectivity index (χ2n) is 19.9. The molecule has 0 bridgehead atoms. The van der Waals surface area contributed by atoms with Crippen LogP contribution in [0.4, 0.5) is 11.4 Å². The summed E-state index contributed by atoms with van der Waals surface area (Å²) >= 11 is 0. The molecule has 2 heterocycles. The molecular formula is C56H60N6O8Si2. The predicted octanol–water partition coefficient (Wildman–Crippen LogP) is 13.2. The second-order valence-corrected chi connectivity index (χ2v) is 31.1. The van der Waals surface area contributed by atoms with E-state index >= 15 is 0 Å². The highest BCUT2D eigenvalue weighted by Gasteiger charge is 2.20. The Labute approximate surface area is 421 Å². The lowest BCUT2D eigenvalue weighted by atomic mass is 9.99. The highest BCUT2D eigenvalue weighted by Crippen LogP contribution is 2.30. The third-order valence-electron chi connectivity index (χ3n) is 11.8. The molecule has 8 rings (SSSR count). The zero-order valence-electron chi connectivity index (χ0n) is 41.5. The number of benzene rings is 6.